The molecule has 1 fully saturated rings. The number of ether oxygens (including phenoxy) is 1. The summed E-state index contributed by atoms with van der Waals surface area (Å²) >= 11 is 11.9. The van der Waals surface area contributed by atoms with Crippen LogP contribution in [-0.2, 0) is 10.3 Å². The molecule has 2 unspecified atom stereocenters. The van der Waals surface area contributed by atoms with Crippen molar-refractivity contribution in [3.05, 3.63) is 87.5 Å². The summed E-state index contributed by atoms with van der Waals surface area (Å²) in [6.45, 7) is 2.00. The lowest BCUT2D eigenvalue weighted by atomic mass is 10.0. The van der Waals surface area contributed by atoms with Crippen LogP contribution in [0.4, 0.5) is 16.3 Å². The lowest BCUT2D eigenvalue weighted by molar-refractivity contribution is 0.0737. The molecule has 2 atom stereocenters. The molecule has 8 nitrogen and oxygen atoms in total. The molecule has 3 amide bonds. The van der Waals surface area contributed by atoms with Gasteiger partial charge in [0.15, 0.2) is 0 Å². The highest BCUT2D eigenvalue weighted by molar-refractivity contribution is 6.31. The Kier molecular flexibility index (Phi) is 6.95. The number of aromatic nitrogens is 1. The van der Waals surface area contributed by atoms with Gasteiger partial charge in [0.05, 0.1) is 16.3 Å². The molecule has 1 aliphatic carbocycles. The quantitative estimate of drug-likeness (QED) is 0.404. The molecule has 3 aromatic rings. The molecule has 10 heteroatoms. The molecular weight excluding hydrogens is 491 g/mol. The van der Waals surface area contributed by atoms with Crippen molar-refractivity contribution in [2.75, 3.05) is 17.7 Å². The third-order valence-corrected chi connectivity index (χ3v) is 6.26. The molecule has 0 saturated heterocycles. The van der Waals surface area contributed by atoms with Gasteiger partial charge in [0.1, 0.15) is 11.4 Å². The topological polar surface area (TPSA) is 109 Å². The Morgan fingerprint density at radius 2 is 1.66 bits per heavy atom. The molecule has 4 rings (SSSR count). The molecule has 35 heavy (non-hydrogen) atoms. The van der Waals surface area contributed by atoms with Gasteiger partial charge in [0.2, 0.25) is 0 Å². The third-order valence-electron chi connectivity index (χ3n) is 5.80. The normalized spacial score (nSPS) is 18.3. The number of hydrogen-bond acceptors (Lipinski definition) is 5. The van der Waals surface area contributed by atoms with E-state index in [0.29, 0.717) is 27.8 Å². The second kappa shape index (κ2) is 9.93. The molecule has 0 radical (unpaired) electrons. The summed E-state index contributed by atoms with van der Waals surface area (Å²) in [7, 11) is 1.51. The van der Waals surface area contributed by atoms with E-state index in [4.69, 9.17) is 27.9 Å². The monoisotopic (exact) mass is 512 g/mol. The minimum atomic E-state index is -0.688. The molecule has 1 heterocycles. The zero-order valence-corrected chi connectivity index (χ0v) is 20.4. The smallest absolute Gasteiger partial charge is 0.407 e. The van der Waals surface area contributed by atoms with Crippen molar-refractivity contribution >= 4 is 52.6 Å². The Balaban J connectivity index is 1.50. The Hall–Kier alpha value is -3.62. The molecule has 3 N–H and O–H groups in total. The van der Waals surface area contributed by atoms with Crippen molar-refractivity contribution in [2.24, 2.45) is 5.92 Å². The predicted molar refractivity (Wildman–Crippen MR) is 134 cm³/mol. The maximum absolute atomic E-state index is 12.9. The Bertz CT molecular complexity index is 1280. The lowest BCUT2D eigenvalue weighted by Crippen LogP contribution is -2.27. The van der Waals surface area contributed by atoms with Gasteiger partial charge >= 0.3 is 6.09 Å². The SMILES string of the molecule is CNC(=O)OC1(c2ccc(C(=O)Nc3ccc(Cl)cc3C(=O)Nc3ccc(Cl)cn3)cc2)CC1C. The molecule has 2 aromatic carbocycles. The number of carbonyl (C=O) groups excluding carboxylic acids is 3. The molecule has 1 aliphatic rings. The van der Waals surface area contributed by atoms with Crippen molar-refractivity contribution in [1.82, 2.24) is 10.3 Å². The van der Waals surface area contributed by atoms with E-state index in [1.165, 1.54) is 19.3 Å². The highest BCUT2D eigenvalue weighted by Gasteiger charge is 2.56. The number of nitrogens with zero attached hydrogens (tertiary/aromatic N) is 1. The van der Waals surface area contributed by atoms with Gasteiger partial charge in [-0.2, -0.15) is 0 Å². The summed E-state index contributed by atoms with van der Waals surface area (Å²) in [4.78, 5) is 41.6. The zero-order chi connectivity index (χ0) is 25.2. The van der Waals surface area contributed by atoms with E-state index in [0.717, 1.165) is 5.56 Å². The van der Waals surface area contributed by atoms with E-state index < -0.39 is 23.5 Å². The highest BCUT2D eigenvalue weighted by Crippen LogP contribution is 2.55. The van der Waals surface area contributed by atoms with Gasteiger partial charge in [0.25, 0.3) is 11.8 Å². The number of hydrogen-bond donors (Lipinski definition) is 3. The van der Waals surface area contributed by atoms with Crippen molar-refractivity contribution in [3.63, 3.8) is 0 Å². The van der Waals surface area contributed by atoms with Crippen LogP contribution in [0.1, 0.15) is 39.6 Å². The van der Waals surface area contributed by atoms with Crippen LogP contribution in [0, 0.1) is 5.92 Å². The number of rotatable bonds is 6. The minimum absolute atomic E-state index is 0.170. The van der Waals surface area contributed by atoms with Crippen LogP contribution in [0.2, 0.25) is 10.0 Å². The number of benzene rings is 2. The first kappa shape index (κ1) is 24.5. The van der Waals surface area contributed by atoms with E-state index in [-0.39, 0.29) is 17.2 Å². The van der Waals surface area contributed by atoms with Crippen LogP contribution in [0.15, 0.2) is 60.8 Å². The highest BCUT2D eigenvalue weighted by atomic mass is 35.5. The first-order chi connectivity index (χ1) is 16.7. The standard InChI is InChI=1S/C25H22Cl2N4O4/c1-14-12-25(14,35-24(34)28-2)16-5-3-15(4-6-16)22(32)30-20-9-7-17(26)11-19(20)23(33)31-21-10-8-18(27)13-29-21/h3-11,13-14H,12H2,1-2H3,(H,28,34)(H,30,32)(H,29,31,33). The van der Waals surface area contributed by atoms with Crippen molar-refractivity contribution in [2.45, 2.75) is 18.9 Å². The number of anilines is 2. The Morgan fingerprint density at radius 3 is 2.26 bits per heavy atom. The first-order valence-corrected chi connectivity index (χ1v) is 11.5. The first-order valence-electron chi connectivity index (χ1n) is 10.8. The Morgan fingerprint density at radius 1 is 0.971 bits per heavy atom. The molecule has 0 bridgehead atoms. The third kappa shape index (κ3) is 5.39. The van der Waals surface area contributed by atoms with Crippen LogP contribution < -0.4 is 16.0 Å². The predicted octanol–water partition coefficient (Wildman–Crippen LogP) is 5.48. The van der Waals surface area contributed by atoms with E-state index in [2.05, 4.69) is 20.9 Å². The molecule has 0 aliphatic heterocycles. The fourth-order valence-corrected chi connectivity index (χ4v) is 4.04. The van der Waals surface area contributed by atoms with Crippen LogP contribution in [0.5, 0.6) is 0 Å². The van der Waals surface area contributed by atoms with E-state index in [1.807, 2.05) is 6.92 Å². The van der Waals surface area contributed by atoms with Gasteiger partial charge in [-0.15, -0.1) is 0 Å². The maximum atomic E-state index is 12.9. The molecular formula is C25H22Cl2N4O4. The fraction of sp³-hybridized carbons (Fsp3) is 0.200. The van der Waals surface area contributed by atoms with Crippen molar-refractivity contribution in [1.29, 1.82) is 0 Å². The van der Waals surface area contributed by atoms with Crippen molar-refractivity contribution in [3.8, 4) is 0 Å². The van der Waals surface area contributed by atoms with Crippen LogP contribution in [0.3, 0.4) is 0 Å². The number of carbonyl (C=O) groups is 3. The summed E-state index contributed by atoms with van der Waals surface area (Å²) in [6.07, 6.45) is 1.62. The van der Waals surface area contributed by atoms with Crippen LogP contribution in [-0.4, -0.2) is 29.9 Å². The van der Waals surface area contributed by atoms with E-state index in [1.54, 1.807) is 48.5 Å². The van der Waals surface area contributed by atoms with Gasteiger partial charge in [-0.25, -0.2) is 9.78 Å². The molecule has 180 valence electrons. The lowest BCUT2D eigenvalue weighted by Gasteiger charge is -2.18. The number of amides is 3. The average Bonchev–Trinajstić information content (AvgIpc) is 3.51. The minimum Gasteiger partial charge on any atom is -0.438 e. The van der Waals surface area contributed by atoms with Gasteiger partial charge in [-0.05, 0) is 54.4 Å². The number of nitrogens with one attached hydrogen (secondary N) is 3. The number of halogens is 2. The second-order valence-corrected chi connectivity index (χ2v) is 9.04. The van der Waals surface area contributed by atoms with Gasteiger partial charge < -0.3 is 20.7 Å². The number of pyridine rings is 1. The summed E-state index contributed by atoms with van der Waals surface area (Å²) in [5, 5.41) is 8.65. The van der Waals surface area contributed by atoms with E-state index >= 15 is 0 Å². The summed E-state index contributed by atoms with van der Waals surface area (Å²) in [5.41, 5.74) is 0.950. The largest absolute Gasteiger partial charge is 0.438 e. The maximum Gasteiger partial charge on any atom is 0.407 e. The summed E-state index contributed by atoms with van der Waals surface area (Å²) < 4.78 is 5.58. The molecule has 1 saturated carbocycles. The molecule has 1 aromatic heterocycles. The zero-order valence-electron chi connectivity index (χ0n) is 18.9. The van der Waals surface area contributed by atoms with Gasteiger partial charge in [-0.3, -0.25) is 9.59 Å². The van der Waals surface area contributed by atoms with E-state index in [9.17, 15) is 14.4 Å². The fourth-order valence-electron chi connectivity index (χ4n) is 3.76. The summed E-state index contributed by atoms with van der Waals surface area (Å²) in [6, 6.07) is 14.6. The van der Waals surface area contributed by atoms with Crippen LogP contribution in [0.25, 0.3) is 0 Å². The second-order valence-electron chi connectivity index (χ2n) is 8.17. The van der Waals surface area contributed by atoms with Gasteiger partial charge in [0, 0.05) is 29.7 Å². The van der Waals surface area contributed by atoms with Crippen molar-refractivity contribution < 1.29 is 19.1 Å². The number of alkyl carbamates (subject to hydrolysis) is 1. The summed E-state index contributed by atoms with van der Waals surface area (Å²) in [5.74, 6) is -0.439. The average molecular weight is 513 g/mol. The Labute approximate surface area is 212 Å². The van der Waals surface area contributed by atoms with Crippen LogP contribution >= 0.6 is 23.2 Å². The van der Waals surface area contributed by atoms with Gasteiger partial charge in [-0.1, -0.05) is 42.3 Å². The molecule has 0 spiro atoms.